The van der Waals surface area contributed by atoms with Gasteiger partial charge in [-0.1, -0.05) is 9.70 Å². The first-order valence-electron chi connectivity index (χ1n) is 4.33. The number of aryl methyl sites for hydroxylation is 2. The van der Waals surface area contributed by atoms with Gasteiger partial charge in [-0.05, 0) is 18.5 Å². The normalized spacial score (nSPS) is 13.0. The summed E-state index contributed by atoms with van der Waals surface area (Å²) in [5, 5.41) is 11.6. The van der Waals surface area contributed by atoms with E-state index in [1.54, 1.807) is 10.9 Å². The highest BCUT2D eigenvalue weighted by molar-refractivity contribution is 7.05. The average molecular weight is 225 g/mol. The summed E-state index contributed by atoms with van der Waals surface area (Å²) in [5.74, 6) is 5.53. The average Bonchev–Trinajstić information content (AvgIpc) is 2.80. The van der Waals surface area contributed by atoms with Crippen LogP contribution >= 0.6 is 11.5 Å². The minimum absolute atomic E-state index is 0.162. The fourth-order valence-electron chi connectivity index (χ4n) is 1.36. The predicted molar refractivity (Wildman–Crippen MR) is 54.8 cm³/mol. The Labute approximate surface area is 90.4 Å². The molecule has 2 aromatic heterocycles. The third kappa shape index (κ3) is 1.74. The summed E-state index contributed by atoms with van der Waals surface area (Å²) in [4.78, 5) is 0.975. The second-order valence-corrected chi connectivity index (χ2v) is 3.89. The molecule has 0 saturated heterocycles. The first-order chi connectivity index (χ1) is 7.24. The van der Waals surface area contributed by atoms with Gasteiger partial charge in [0.1, 0.15) is 6.04 Å². The first-order valence-corrected chi connectivity index (χ1v) is 5.11. The van der Waals surface area contributed by atoms with Crippen molar-refractivity contribution < 1.29 is 0 Å². The van der Waals surface area contributed by atoms with Crippen LogP contribution in [0.4, 0.5) is 0 Å². The standard InChI is InChI=1S/C7H11N7S/c1-4-7(15-13-11-4)6(10-8)5-3-9-12-14(5)2/h3,6,10H,8H2,1-2H3. The van der Waals surface area contributed by atoms with Crippen molar-refractivity contribution in [2.75, 3.05) is 0 Å². The predicted octanol–water partition coefficient (Wildman–Crippen LogP) is -0.472. The number of rotatable bonds is 3. The molecule has 0 spiro atoms. The molecule has 0 saturated carbocycles. The maximum atomic E-state index is 5.53. The third-order valence-electron chi connectivity index (χ3n) is 2.16. The van der Waals surface area contributed by atoms with Gasteiger partial charge in [-0.3, -0.25) is 10.5 Å². The van der Waals surface area contributed by atoms with Gasteiger partial charge in [-0.25, -0.2) is 5.43 Å². The molecule has 0 bridgehead atoms. The Morgan fingerprint density at radius 2 is 2.40 bits per heavy atom. The molecule has 0 fully saturated rings. The number of hydrogen-bond donors (Lipinski definition) is 2. The molecular formula is C7H11N7S. The van der Waals surface area contributed by atoms with Crippen LogP contribution in [-0.2, 0) is 7.05 Å². The molecular weight excluding hydrogens is 214 g/mol. The van der Waals surface area contributed by atoms with Crippen LogP contribution in [0, 0.1) is 6.92 Å². The molecule has 8 heteroatoms. The highest BCUT2D eigenvalue weighted by Gasteiger charge is 2.21. The molecule has 1 atom stereocenters. The third-order valence-corrected chi connectivity index (χ3v) is 3.05. The van der Waals surface area contributed by atoms with Gasteiger partial charge in [-0.15, -0.1) is 10.2 Å². The van der Waals surface area contributed by atoms with Crippen molar-refractivity contribution in [3.63, 3.8) is 0 Å². The van der Waals surface area contributed by atoms with E-state index in [4.69, 9.17) is 5.84 Å². The van der Waals surface area contributed by atoms with Crippen LogP contribution in [0.2, 0.25) is 0 Å². The van der Waals surface area contributed by atoms with Gasteiger partial charge >= 0.3 is 0 Å². The molecule has 2 aromatic rings. The Bertz CT molecular complexity index is 407. The monoisotopic (exact) mass is 225 g/mol. The fraction of sp³-hybridized carbons (Fsp3) is 0.429. The van der Waals surface area contributed by atoms with Gasteiger partial charge < -0.3 is 0 Å². The van der Waals surface area contributed by atoms with Crippen LogP contribution in [0.15, 0.2) is 6.20 Å². The highest BCUT2D eigenvalue weighted by atomic mass is 32.1. The van der Waals surface area contributed by atoms with E-state index < -0.39 is 0 Å². The Hall–Kier alpha value is -1.38. The van der Waals surface area contributed by atoms with E-state index in [1.165, 1.54) is 11.5 Å². The van der Waals surface area contributed by atoms with Crippen molar-refractivity contribution in [1.29, 1.82) is 0 Å². The molecule has 3 N–H and O–H groups in total. The van der Waals surface area contributed by atoms with E-state index in [2.05, 4.69) is 25.3 Å². The summed E-state index contributed by atoms with van der Waals surface area (Å²) in [6.07, 6.45) is 1.67. The van der Waals surface area contributed by atoms with Gasteiger partial charge in [0, 0.05) is 7.05 Å². The molecule has 15 heavy (non-hydrogen) atoms. The second kappa shape index (κ2) is 4.01. The second-order valence-electron chi connectivity index (χ2n) is 3.10. The van der Waals surface area contributed by atoms with E-state index in [9.17, 15) is 0 Å². The molecule has 0 aliphatic rings. The summed E-state index contributed by atoms with van der Waals surface area (Å²) in [6, 6.07) is -0.162. The van der Waals surface area contributed by atoms with Crippen LogP contribution in [0.3, 0.4) is 0 Å². The smallest absolute Gasteiger partial charge is 0.102 e. The number of hydrogen-bond acceptors (Lipinski definition) is 7. The van der Waals surface area contributed by atoms with Crippen LogP contribution in [-0.4, -0.2) is 24.6 Å². The molecule has 2 rings (SSSR count). The number of nitrogens with two attached hydrogens (primary N) is 1. The molecule has 0 aliphatic carbocycles. The van der Waals surface area contributed by atoms with Crippen molar-refractivity contribution in [3.8, 4) is 0 Å². The Morgan fingerprint density at radius 1 is 1.60 bits per heavy atom. The number of aromatic nitrogens is 5. The van der Waals surface area contributed by atoms with Crippen LogP contribution in [0.1, 0.15) is 22.3 Å². The maximum absolute atomic E-state index is 5.53. The molecule has 7 nitrogen and oxygen atoms in total. The van der Waals surface area contributed by atoms with Gasteiger partial charge in [0.2, 0.25) is 0 Å². The molecule has 0 amide bonds. The fourth-order valence-corrected chi connectivity index (χ4v) is 2.08. The SMILES string of the molecule is Cc1nnsc1C(NN)c1cnnn1C. The van der Waals surface area contributed by atoms with E-state index >= 15 is 0 Å². The van der Waals surface area contributed by atoms with Crippen molar-refractivity contribution in [1.82, 2.24) is 30.0 Å². The summed E-state index contributed by atoms with van der Waals surface area (Å²) in [7, 11) is 1.82. The van der Waals surface area contributed by atoms with Gasteiger partial charge in [0.05, 0.1) is 22.5 Å². The summed E-state index contributed by atoms with van der Waals surface area (Å²) >= 11 is 1.32. The number of hydrazine groups is 1. The highest BCUT2D eigenvalue weighted by Crippen LogP contribution is 2.24. The minimum atomic E-state index is -0.162. The van der Waals surface area contributed by atoms with Crippen molar-refractivity contribution >= 4 is 11.5 Å². The zero-order valence-electron chi connectivity index (χ0n) is 8.38. The minimum Gasteiger partial charge on any atom is -0.270 e. The van der Waals surface area contributed by atoms with Gasteiger partial charge in [0.25, 0.3) is 0 Å². The summed E-state index contributed by atoms with van der Waals surface area (Å²) in [6.45, 7) is 1.90. The van der Waals surface area contributed by atoms with Gasteiger partial charge in [0.15, 0.2) is 0 Å². The van der Waals surface area contributed by atoms with Crippen LogP contribution < -0.4 is 11.3 Å². The molecule has 0 aliphatic heterocycles. The Kier molecular flexibility index (Phi) is 2.71. The van der Waals surface area contributed by atoms with E-state index in [1.807, 2.05) is 14.0 Å². The molecule has 0 radical (unpaired) electrons. The topological polar surface area (TPSA) is 94.5 Å². The molecule has 0 aromatic carbocycles. The number of nitrogens with one attached hydrogen (secondary N) is 1. The van der Waals surface area contributed by atoms with Gasteiger partial charge in [-0.2, -0.15) is 0 Å². The lowest BCUT2D eigenvalue weighted by molar-refractivity contribution is 0.574. The zero-order chi connectivity index (χ0) is 10.8. The lowest BCUT2D eigenvalue weighted by Gasteiger charge is -2.13. The largest absolute Gasteiger partial charge is 0.270 e. The van der Waals surface area contributed by atoms with Crippen molar-refractivity contribution in [2.24, 2.45) is 12.9 Å². The van der Waals surface area contributed by atoms with E-state index in [0.29, 0.717) is 0 Å². The molecule has 80 valence electrons. The van der Waals surface area contributed by atoms with Crippen molar-refractivity contribution in [2.45, 2.75) is 13.0 Å². The Balaban J connectivity index is 2.41. The van der Waals surface area contributed by atoms with Crippen molar-refractivity contribution in [3.05, 3.63) is 22.5 Å². The molecule has 2 heterocycles. The van der Waals surface area contributed by atoms with E-state index in [-0.39, 0.29) is 6.04 Å². The molecule has 1 unspecified atom stereocenters. The number of nitrogens with zero attached hydrogens (tertiary/aromatic N) is 5. The lowest BCUT2D eigenvalue weighted by Crippen LogP contribution is -2.30. The maximum Gasteiger partial charge on any atom is 0.102 e. The quantitative estimate of drug-likeness (QED) is 0.541. The van der Waals surface area contributed by atoms with Crippen LogP contribution in [0.25, 0.3) is 0 Å². The van der Waals surface area contributed by atoms with E-state index in [0.717, 1.165) is 16.3 Å². The summed E-state index contributed by atoms with van der Waals surface area (Å²) in [5.41, 5.74) is 4.46. The summed E-state index contributed by atoms with van der Waals surface area (Å²) < 4.78 is 5.55. The first kappa shape index (κ1) is 10.1. The Morgan fingerprint density at radius 3 is 2.87 bits per heavy atom. The zero-order valence-corrected chi connectivity index (χ0v) is 9.19. The van der Waals surface area contributed by atoms with Crippen LogP contribution in [0.5, 0.6) is 0 Å². The lowest BCUT2D eigenvalue weighted by atomic mass is 10.1.